The van der Waals surface area contributed by atoms with Gasteiger partial charge in [0.25, 0.3) is 0 Å². The zero-order valence-electron chi connectivity index (χ0n) is 13.0. The van der Waals surface area contributed by atoms with Gasteiger partial charge in [-0.2, -0.15) is 0 Å². The molecule has 21 heavy (non-hydrogen) atoms. The third-order valence-electron chi connectivity index (χ3n) is 3.59. The van der Waals surface area contributed by atoms with Crippen molar-refractivity contribution in [3.8, 4) is 5.75 Å². The molecule has 2 rings (SSSR count). The molecule has 1 amide bonds. The summed E-state index contributed by atoms with van der Waals surface area (Å²) in [6, 6.07) is 7.60. The van der Waals surface area contributed by atoms with E-state index in [9.17, 15) is 4.79 Å². The van der Waals surface area contributed by atoms with Crippen LogP contribution in [0.3, 0.4) is 0 Å². The summed E-state index contributed by atoms with van der Waals surface area (Å²) < 4.78 is 5.66. The number of hydrogen-bond donors (Lipinski definition) is 1. The van der Waals surface area contributed by atoms with E-state index in [2.05, 4.69) is 29.1 Å². The second-order valence-corrected chi connectivity index (χ2v) is 5.47. The van der Waals surface area contributed by atoms with Gasteiger partial charge in [0.05, 0.1) is 18.8 Å². The van der Waals surface area contributed by atoms with Crippen LogP contribution >= 0.6 is 0 Å². The minimum absolute atomic E-state index is 0.0205. The third kappa shape index (κ3) is 5.02. The maximum Gasteiger partial charge on any atom is 0.238 e. The van der Waals surface area contributed by atoms with E-state index in [-0.39, 0.29) is 5.91 Å². The van der Waals surface area contributed by atoms with Gasteiger partial charge in [0.2, 0.25) is 5.91 Å². The van der Waals surface area contributed by atoms with Crippen molar-refractivity contribution in [3.05, 3.63) is 24.3 Å². The smallest absolute Gasteiger partial charge is 0.238 e. The summed E-state index contributed by atoms with van der Waals surface area (Å²) in [6.45, 7) is 7.08. The molecule has 116 valence electrons. The van der Waals surface area contributed by atoms with Crippen LogP contribution in [0.4, 0.5) is 5.69 Å². The number of amides is 1. The molecule has 1 aromatic rings. The molecule has 1 aromatic carbocycles. The van der Waals surface area contributed by atoms with Crippen molar-refractivity contribution in [2.24, 2.45) is 0 Å². The first-order valence-electron chi connectivity index (χ1n) is 7.61. The molecular formula is C16H25N3O2. The van der Waals surface area contributed by atoms with E-state index in [1.165, 1.54) is 0 Å². The van der Waals surface area contributed by atoms with Gasteiger partial charge in [-0.25, -0.2) is 0 Å². The van der Waals surface area contributed by atoms with Crippen molar-refractivity contribution in [2.75, 3.05) is 51.7 Å². The zero-order valence-corrected chi connectivity index (χ0v) is 13.0. The number of hydrogen-bond acceptors (Lipinski definition) is 4. The first-order chi connectivity index (χ1) is 10.2. The molecule has 1 aliphatic rings. The number of carbonyl (C=O) groups excluding carboxylic acids is 1. The molecule has 1 N–H and O–H groups in total. The molecule has 0 radical (unpaired) electrons. The van der Waals surface area contributed by atoms with Crippen LogP contribution in [0.1, 0.15) is 13.3 Å². The predicted octanol–water partition coefficient (Wildman–Crippen LogP) is 1.66. The highest BCUT2D eigenvalue weighted by molar-refractivity contribution is 5.93. The lowest BCUT2D eigenvalue weighted by Gasteiger charge is -2.31. The minimum Gasteiger partial charge on any atom is -0.491 e. The maximum atomic E-state index is 12.2. The highest BCUT2D eigenvalue weighted by Gasteiger charge is 2.17. The molecule has 0 bridgehead atoms. The van der Waals surface area contributed by atoms with Gasteiger partial charge < -0.3 is 15.0 Å². The molecule has 5 heteroatoms. The number of rotatable bonds is 6. The Morgan fingerprint density at radius 3 is 2.67 bits per heavy atom. The number of anilines is 1. The number of para-hydroxylation sites is 2. The number of likely N-dealkylation sites (N-methyl/N-ethyl adjacent to an activating group) is 1. The summed E-state index contributed by atoms with van der Waals surface area (Å²) in [5, 5.41) is 2.96. The molecule has 0 unspecified atom stereocenters. The molecule has 0 saturated carbocycles. The second-order valence-electron chi connectivity index (χ2n) is 5.47. The van der Waals surface area contributed by atoms with Crippen LogP contribution < -0.4 is 10.1 Å². The summed E-state index contributed by atoms with van der Waals surface area (Å²) in [6.07, 6.45) is 0.948. The molecule has 0 atom stereocenters. The Balaban J connectivity index is 1.87. The Bertz CT molecular complexity index is 457. The summed E-state index contributed by atoms with van der Waals surface area (Å²) in [7, 11) is 2.11. The molecule has 1 fully saturated rings. The lowest BCUT2D eigenvalue weighted by atomic mass is 10.2. The standard InChI is InChI=1S/C16H25N3O2/c1-3-12-21-15-7-5-4-6-14(15)17-16(20)13-19-10-8-18(2)9-11-19/h4-7H,3,8-13H2,1-2H3,(H,17,20). The van der Waals surface area contributed by atoms with Crippen LogP contribution in [-0.2, 0) is 4.79 Å². The number of ether oxygens (including phenoxy) is 1. The fraction of sp³-hybridized carbons (Fsp3) is 0.562. The van der Waals surface area contributed by atoms with E-state index < -0.39 is 0 Å². The van der Waals surface area contributed by atoms with E-state index in [0.29, 0.717) is 13.2 Å². The molecule has 0 aliphatic carbocycles. The van der Waals surface area contributed by atoms with Crippen LogP contribution in [0, 0.1) is 0 Å². The summed E-state index contributed by atoms with van der Waals surface area (Å²) in [4.78, 5) is 16.6. The molecule has 1 saturated heterocycles. The van der Waals surface area contributed by atoms with Crippen molar-refractivity contribution in [2.45, 2.75) is 13.3 Å². The number of piperazine rings is 1. The quantitative estimate of drug-likeness (QED) is 0.866. The van der Waals surface area contributed by atoms with Gasteiger partial charge >= 0.3 is 0 Å². The highest BCUT2D eigenvalue weighted by atomic mass is 16.5. The van der Waals surface area contributed by atoms with Crippen LogP contribution in [0.25, 0.3) is 0 Å². The Hall–Kier alpha value is -1.59. The Kier molecular flexibility index (Phi) is 6.02. The minimum atomic E-state index is 0.0205. The molecule has 1 aliphatic heterocycles. The summed E-state index contributed by atoms with van der Waals surface area (Å²) in [5.41, 5.74) is 0.755. The van der Waals surface area contributed by atoms with Crippen molar-refractivity contribution in [3.63, 3.8) is 0 Å². The van der Waals surface area contributed by atoms with E-state index in [1.54, 1.807) is 0 Å². The SMILES string of the molecule is CCCOc1ccccc1NC(=O)CN1CCN(C)CC1. The molecule has 0 aromatic heterocycles. The van der Waals surface area contributed by atoms with Gasteiger partial charge in [-0.05, 0) is 25.6 Å². The van der Waals surface area contributed by atoms with Gasteiger partial charge in [-0.3, -0.25) is 9.69 Å². The predicted molar refractivity (Wildman–Crippen MR) is 84.8 cm³/mol. The van der Waals surface area contributed by atoms with Gasteiger partial charge in [0.1, 0.15) is 5.75 Å². The van der Waals surface area contributed by atoms with Gasteiger partial charge in [-0.1, -0.05) is 19.1 Å². The Morgan fingerprint density at radius 1 is 1.24 bits per heavy atom. The average molecular weight is 291 g/mol. The fourth-order valence-electron chi connectivity index (χ4n) is 2.31. The maximum absolute atomic E-state index is 12.2. The van der Waals surface area contributed by atoms with Crippen LogP contribution in [-0.4, -0.2) is 62.1 Å². The highest BCUT2D eigenvalue weighted by Crippen LogP contribution is 2.23. The van der Waals surface area contributed by atoms with Gasteiger partial charge in [0, 0.05) is 26.2 Å². The van der Waals surface area contributed by atoms with Crippen molar-refractivity contribution in [1.82, 2.24) is 9.80 Å². The lowest BCUT2D eigenvalue weighted by Crippen LogP contribution is -2.47. The van der Waals surface area contributed by atoms with Crippen molar-refractivity contribution in [1.29, 1.82) is 0 Å². The third-order valence-corrected chi connectivity index (χ3v) is 3.59. The number of nitrogens with zero attached hydrogens (tertiary/aromatic N) is 2. The Labute approximate surface area is 126 Å². The average Bonchev–Trinajstić information content (AvgIpc) is 2.49. The summed E-state index contributed by atoms with van der Waals surface area (Å²) in [5.74, 6) is 0.762. The second kappa shape index (κ2) is 8.00. The molecular weight excluding hydrogens is 266 g/mol. The summed E-state index contributed by atoms with van der Waals surface area (Å²) >= 11 is 0. The van der Waals surface area contributed by atoms with Crippen LogP contribution in [0.5, 0.6) is 5.75 Å². The zero-order chi connectivity index (χ0) is 15.1. The number of carbonyl (C=O) groups is 1. The molecule has 5 nitrogen and oxygen atoms in total. The van der Waals surface area contributed by atoms with E-state index >= 15 is 0 Å². The number of nitrogens with one attached hydrogen (secondary N) is 1. The monoisotopic (exact) mass is 291 g/mol. The molecule has 0 spiro atoms. The largest absolute Gasteiger partial charge is 0.491 e. The topological polar surface area (TPSA) is 44.8 Å². The van der Waals surface area contributed by atoms with E-state index in [0.717, 1.165) is 44.0 Å². The molecule has 1 heterocycles. The van der Waals surface area contributed by atoms with E-state index in [4.69, 9.17) is 4.74 Å². The van der Waals surface area contributed by atoms with Crippen molar-refractivity contribution < 1.29 is 9.53 Å². The lowest BCUT2D eigenvalue weighted by molar-refractivity contribution is -0.117. The van der Waals surface area contributed by atoms with Crippen LogP contribution in [0.15, 0.2) is 24.3 Å². The first kappa shape index (κ1) is 15.8. The van der Waals surface area contributed by atoms with Gasteiger partial charge in [0.15, 0.2) is 0 Å². The van der Waals surface area contributed by atoms with Crippen molar-refractivity contribution >= 4 is 11.6 Å². The number of benzene rings is 1. The first-order valence-corrected chi connectivity index (χ1v) is 7.61. The van der Waals surface area contributed by atoms with Gasteiger partial charge in [-0.15, -0.1) is 0 Å². The fourth-order valence-corrected chi connectivity index (χ4v) is 2.31. The van der Waals surface area contributed by atoms with Crippen LogP contribution in [0.2, 0.25) is 0 Å². The normalized spacial score (nSPS) is 16.7. The Morgan fingerprint density at radius 2 is 1.95 bits per heavy atom. The van der Waals surface area contributed by atoms with E-state index in [1.807, 2.05) is 24.3 Å².